The molecular formula is C20H21ClN2O6S2. The highest BCUT2D eigenvalue weighted by Gasteiger charge is 2.27. The molecule has 0 bridgehead atoms. The number of benzene rings is 1. The van der Waals surface area contributed by atoms with Gasteiger partial charge >= 0.3 is 11.9 Å². The van der Waals surface area contributed by atoms with Crippen LogP contribution in [0.25, 0.3) is 0 Å². The molecule has 0 aliphatic carbocycles. The maximum atomic E-state index is 12.6. The Hall–Kier alpha value is -2.69. The van der Waals surface area contributed by atoms with Gasteiger partial charge in [-0.2, -0.15) is 0 Å². The first-order valence-electron chi connectivity index (χ1n) is 9.16. The van der Waals surface area contributed by atoms with Gasteiger partial charge < -0.3 is 19.5 Å². The molecule has 0 radical (unpaired) electrons. The number of amides is 1. The second kappa shape index (κ2) is 11.1. The number of carbonyl (C=O) groups excluding carboxylic acids is 3. The summed E-state index contributed by atoms with van der Waals surface area (Å²) >= 11 is 12.2. The fourth-order valence-electron chi connectivity index (χ4n) is 2.60. The first kappa shape index (κ1) is 24.6. The molecule has 0 aliphatic rings. The Bertz CT molecular complexity index is 1020. The van der Waals surface area contributed by atoms with Gasteiger partial charge in [-0.15, -0.1) is 11.3 Å². The molecule has 1 aromatic carbocycles. The molecule has 0 saturated heterocycles. The molecule has 1 amide bonds. The summed E-state index contributed by atoms with van der Waals surface area (Å²) in [4.78, 5) is 37.6. The van der Waals surface area contributed by atoms with Crippen LogP contribution in [-0.4, -0.2) is 43.3 Å². The number of thiophene rings is 1. The van der Waals surface area contributed by atoms with E-state index < -0.39 is 17.8 Å². The van der Waals surface area contributed by atoms with Gasteiger partial charge in [0.1, 0.15) is 15.6 Å². The summed E-state index contributed by atoms with van der Waals surface area (Å²) in [5.74, 6) is -1.44. The molecule has 0 saturated carbocycles. The van der Waals surface area contributed by atoms with Crippen LogP contribution >= 0.6 is 35.2 Å². The Morgan fingerprint density at radius 2 is 1.77 bits per heavy atom. The number of halogens is 1. The third-order valence-corrected chi connectivity index (χ3v) is 5.57. The summed E-state index contributed by atoms with van der Waals surface area (Å²) in [6.07, 6.45) is 0. The number of anilines is 1. The van der Waals surface area contributed by atoms with Crippen molar-refractivity contribution in [1.29, 1.82) is 0 Å². The van der Waals surface area contributed by atoms with Crippen molar-refractivity contribution in [3.63, 3.8) is 0 Å². The summed E-state index contributed by atoms with van der Waals surface area (Å²) in [5, 5.41) is 5.82. The quantitative estimate of drug-likeness (QED) is 0.445. The summed E-state index contributed by atoms with van der Waals surface area (Å²) in [6, 6.07) is 4.59. The number of thiocarbonyl (C=S) groups is 1. The lowest BCUT2D eigenvalue weighted by Gasteiger charge is -2.12. The Morgan fingerprint density at radius 1 is 1.13 bits per heavy atom. The van der Waals surface area contributed by atoms with Gasteiger partial charge in [0.05, 0.1) is 31.5 Å². The molecule has 2 aromatic rings. The molecule has 0 unspecified atom stereocenters. The maximum absolute atomic E-state index is 12.6. The molecule has 2 rings (SSSR count). The average molecular weight is 485 g/mol. The third kappa shape index (κ3) is 5.93. The number of hydrogen-bond donors (Lipinski definition) is 2. The second-order valence-corrected chi connectivity index (χ2v) is 7.82. The smallest absolute Gasteiger partial charge is 0.348 e. The van der Waals surface area contributed by atoms with E-state index in [1.54, 1.807) is 32.9 Å². The van der Waals surface area contributed by atoms with Crippen LogP contribution in [0.1, 0.15) is 49.8 Å². The van der Waals surface area contributed by atoms with Crippen LogP contribution < -0.4 is 15.4 Å². The summed E-state index contributed by atoms with van der Waals surface area (Å²) in [7, 11) is 1.42. The van der Waals surface area contributed by atoms with Gasteiger partial charge in [-0.25, -0.2) is 9.59 Å². The molecule has 166 valence electrons. The Morgan fingerprint density at radius 3 is 2.39 bits per heavy atom. The van der Waals surface area contributed by atoms with E-state index in [-0.39, 0.29) is 39.3 Å². The normalized spacial score (nSPS) is 10.2. The first-order valence-corrected chi connectivity index (χ1v) is 10.8. The third-order valence-electron chi connectivity index (χ3n) is 3.95. The lowest BCUT2D eigenvalue weighted by molar-refractivity contribution is 0.0527. The van der Waals surface area contributed by atoms with E-state index in [2.05, 4.69) is 10.6 Å². The van der Waals surface area contributed by atoms with Crippen molar-refractivity contribution in [2.24, 2.45) is 0 Å². The van der Waals surface area contributed by atoms with Crippen LogP contribution in [0.3, 0.4) is 0 Å². The van der Waals surface area contributed by atoms with Crippen molar-refractivity contribution in [1.82, 2.24) is 5.32 Å². The largest absolute Gasteiger partial charge is 0.496 e. The molecule has 0 aliphatic heterocycles. The Balaban J connectivity index is 2.30. The number of esters is 2. The van der Waals surface area contributed by atoms with E-state index in [4.69, 9.17) is 38.0 Å². The van der Waals surface area contributed by atoms with Gasteiger partial charge in [-0.3, -0.25) is 10.1 Å². The fourth-order valence-corrected chi connectivity index (χ4v) is 4.13. The van der Waals surface area contributed by atoms with Crippen LogP contribution in [0.2, 0.25) is 5.02 Å². The van der Waals surface area contributed by atoms with E-state index >= 15 is 0 Å². The molecule has 0 spiro atoms. The highest BCUT2D eigenvalue weighted by molar-refractivity contribution is 7.80. The highest BCUT2D eigenvalue weighted by atomic mass is 35.5. The van der Waals surface area contributed by atoms with Gasteiger partial charge in [0, 0.05) is 5.02 Å². The summed E-state index contributed by atoms with van der Waals surface area (Å²) < 4.78 is 15.3. The predicted octanol–water partition coefficient (Wildman–Crippen LogP) is 4.20. The maximum Gasteiger partial charge on any atom is 0.348 e. The molecule has 0 atom stereocenters. The van der Waals surface area contributed by atoms with Gasteiger partial charge in [-0.05, 0) is 56.8 Å². The van der Waals surface area contributed by atoms with Crippen molar-refractivity contribution in [3.05, 3.63) is 44.8 Å². The van der Waals surface area contributed by atoms with Crippen LogP contribution in [0.5, 0.6) is 5.75 Å². The zero-order chi connectivity index (χ0) is 23.1. The van der Waals surface area contributed by atoms with Crippen molar-refractivity contribution < 1.29 is 28.6 Å². The van der Waals surface area contributed by atoms with E-state index in [0.29, 0.717) is 16.3 Å². The zero-order valence-corrected chi connectivity index (χ0v) is 19.7. The monoisotopic (exact) mass is 484 g/mol. The predicted molar refractivity (Wildman–Crippen MR) is 123 cm³/mol. The Labute approximate surface area is 193 Å². The average Bonchev–Trinajstić information content (AvgIpc) is 3.04. The number of methoxy groups -OCH3 is 1. The van der Waals surface area contributed by atoms with E-state index in [9.17, 15) is 14.4 Å². The van der Waals surface area contributed by atoms with Crippen molar-refractivity contribution in [2.75, 3.05) is 25.6 Å². The number of ether oxygens (including phenoxy) is 3. The topological polar surface area (TPSA) is 103 Å². The summed E-state index contributed by atoms with van der Waals surface area (Å²) in [6.45, 7) is 5.30. The van der Waals surface area contributed by atoms with Gasteiger partial charge in [0.15, 0.2) is 5.11 Å². The second-order valence-electron chi connectivity index (χ2n) is 5.95. The number of carbonyl (C=O) groups is 3. The molecule has 8 nitrogen and oxygen atoms in total. The lowest BCUT2D eigenvalue weighted by Crippen LogP contribution is -2.34. The minimum atomic E-state index is -0.625. The lowest BCUT2D eigenvalue weighted by atomic mass is 10.1. The zero-order valence-electron chi connectivity index (χ0n) is 17.3. The number of hydrogen-bond acceptors (Lipinski definition) is 8. The van der Waals surface area contributed by atoms with Crippen LogP contribution in [0.4, 0.5) is 5.00 Å². The van der Waals surface area contributed by atoms with Gasteiger partial charge in [0.2, 0.25) is 0 Å². The number of rotatable bonds is 7. The first-order chi connectivity index (χ1) is 14.7. The molecule has 1 heterocycles. The molecule has 11 heteroatoms. The van der Waals surface area contributed by atoms with Gasteiger partial charge in [0.25, 0.3) is 5.91 Å². The highest BCUT2D eigenvalue weighted by Crippen LogP contribution is 2.34. The molecule has 1 aromatic heterocycles. The minimum Gasteiger partial charge on any atom is -0.496 e. The standard InChI is InChI=1S/C20H21ClN2O6S2/c1-5-28-18(25)14-10(3)15(19(26)29-6-2)31-17(14)23-20(30)22-16(24)12-9-11(21)7-8-13(12)27-4/h7-9H,5-6H2,1-4H3,(H2,22,23,24,30). The fraction of sp³-hybridized carbons (Fsp3) is 0.300. The molecule has 2 N–H and O–H groups in total. The van der Waals surface area contributed by atoms with E-state index in [1.165, 1.54) is 13.2 Å². The van der Waals surface area contributed by atoms with Crippen LogP contribution in [0.15, 0.2) is 18.2 Å². The van der Waals surface area contributed by atoms with Crippen LogP contribution in [0, 0.1) is 6.92 Å². The molecule has 0 fully saturated rings. The van der Waals surface area contributed by atoms with E-state index in [0.717, 1.165) is 11.3 Å². The van der Waals surface area contributed by atoms with Crippen molar-refractivity contribution in [3.8, 4) is 5.75 Å². The van der Waals surface area contributed by atoms with Crippen LogP contribution in [-0.2, 0) is 9.47 Å². The van der Waals surface area contributed by atoms with Crippen molar-refractivity contribution >= 4 is 63.1 Å². The summed E-state index contributed by atoms with van der Waals surface area (Å²) in [5.41, 5.74) is 0.723. The van der Waals surface area contributed by atoms with Crippen molar-refractivity contribution in [2.45, 2.75) is 20.8 Å². The number of nitrogens with one attached hydrogen (secondary N) is 2. The molecule has 31 heavy (non-hydrogen) atoms. The van der Waals surface area contributed by atoms with Gasteiger partial charge in [-0.1, -0.05) is 11.6 Å². The Kier molecular flexibility index (Phi) is 8.78. The van der Waals surface area contributed by atoms with E-state index in [1.807, 2.05) is 0 Å². The SMILES string of the molecule is CCOC(=O)c1sc(NC(=S)NC(=O)c2cc(Cl)ccc2OC)c(C(=O)OCC)c1C. The molecular weight excluding hydrogens is 464 g/mol. The minimum absolute atomic E-state index is 0.0887.